The molecule has 15 heavy (non-hydrogen) atoms. The van der Waals surface area contributed by atoms with Crippen LogP contribution in [0.25, 0.3) is 6.08 Å². The van der Waals surface area contributed by atoms with Gasteiger partial charge in [-0.15, -0.1) is 6.42 Å². The SMILES string of the molecule is C#CC(Cl)=Cc1ccc(OCCC)cc1. The summed E-state index contributed by atoms with van der Waals surface area (Å²) in [6.45, 7) is 2.81. The maximum absolute atomic E-state index is 5.72. The maximum atomic E-state index is 5.72. The molecule has 2 heteroatoms. The van der Waals surface area contributed by atoms with Crippen LogP contribution in [0.5, 0.6) is 5.75 Å². The topological polar surface area (TPSA) is 9.23 Å². The Hall–Kier alpha value is -1.39. The fourth-order valence-electron chi connectivity index (χ4n) is 1.07. The van der Waals surface area contributed by atoms with Gasteiger partial charge in [-0.05, 0) is 30.2 Å². The number of halogens is 1. The largest absolute Gasteiger partial charge is 0.494 e. The highest BCUT2D eigenvalue weighted by Gasteiger charge is 1.93. The molecule has 0 aliphatic carbocycles. The number of ether oxygens (including phenoxy) is 1. The molecule has 0 atom stereocenters. The molecule has 0 amide bonds. The molecular weight excluding hydrogens is 208 g/mol. The second-order valence-electron chi connectivity index (χ2n) is 3.05. The molecule has 0 bridgehead atoms. The molecule has 0 heterocycles. The van der Waals surface area contributed by atoms with Gasteiger partial charge in [-0.25, -0.2) is 0 Å². The van der Waals surface area contributed by atoms with Crippen molar-refractivity contribution in [1.29, 1.82) is 0 Å². The summed E-state index contributed by atoms with van der Waals surface area (Å²) < 4.78 is 5.45. The quantitative estimate of drug-likeness (QED) is 0.704. The molecule has 0 unspecified atom stereocenters. The van der Waals surface area contributed by atoms with E-state index in [0.29, 0.717) is 5.03 Å². The van der Waals surface area contributed by atoms with Gasteiger partial charge in [0.2, 0.25) is 0 Å². The van der Waals surface area contributed by atoms with Crippen LogP contribution in [0.15, 0.2) is 29.3 Å². The van der Waals surface area contributed by atoms with E-state index < -0.39 is 0 Å². The van der Waals surface area contributed by atoms with Gasteiger partial charge in [0.15, 0.2) is 0 Å². The van der Waals surface area contributed by atoms with E-state index in [0.717, 1.165) is 24.3 Å². The second-order valence-corrected chi connectivity index (χ2v) is 3.46. The van der Waals surface area contributed by atoms with Gasteiger partial charge in [-0.2, -0.15) is 0 Å². The lowest BCUT2D eigenvalue weighted by atomic mass is 10.2. The van der Waals surface area contributed by atoms with Crippen LogP contribution in [0.3, 0.4) is 0 Å². The lowest BCUT2D eigenvalue weighted by Crippen LogP contribution is -1.94. The number of hydrogen-bond donors (Lipinski definition) is 0. The van der Waals surface area contributed by atoms with Crippen LogP contribution in [0.1, 0.15) is 18.9 Å². The molecule has 0 aliphatic rings. The van der Waals surface area contributed by atoms with Crippen LogP contribution in [0, 0.1) is 12.3 Å². The Bertz CT molecular complexity index is 371. The highest BCUT2D eigenvalue weighted by atomic mass is 35.5. The normalized spacial score (nSPS) is 10.9. The summed E-state index contributed by atoms with van der Waals surface area (Å²) >= 11 is 5.72. The summed E-state index contributed by atoms with van der Waals surface area (Å²) in [6, 6.07) is 7.65. The summed E-state index contributed by atoms with van der Waals surface area (Å²) in [6.07, 6.45) is 7.89. The predicted octanol–water partition coefficient (Wildman–Crippen LogP) is 3.69. The fraction of sp³-hybridized carbons (Fsp3) is 0.231. The van der Waals surface area contributed by atoms with Crippen molar-refractivity contribution in [2.75, 3.05) is 6.61 Å². The summed E-state index contributed by atoms with van der Waals surface area (Å²) in [7, 11) is 0. The van der Waals surface area contributed by atoms with Crippen LogP contribution in [-0.2, 0) is 0 Å². The molecule has 0 radical (unpaired) electrons. The second kappa shape index (κ2) is 6.16. The summed E-state index contributed by atoms with van der Waals surface area (Å²) in [5, 5.41) is 0.400. The van der Waals surface area contributed by atoms with Crippen LogP contribution in [0.4, 0.5) is 0 Å². The average Bonchev–Trinajstić information content (AvgIpc) is 2.28. The van der Waals surface area contributed by atoms with Crippen LogP contribution in [0.2, 0.25) is 0 Å². The molecular formula is C13H13ClO. The monoisotopic (exact) mass is 220 g/mol. The maximum Gasteiger partial charge on any atom is 0.119 e. The molecule has 1 rings (SSSR count). The van der Waals surface area contributed by atoms with E-state index in [1.807, 2.05) is 24.3 Å². The predicted molar refractivity (Wildman–Crippen MR) is 64.9 cm³/mol. The molecule has 0 fully saturated rings. The number of benzene rings is 1. The van der Waals surface area contributed by atoms with Gasteiger partial charge < -0.3 is 4.74 Å². The zero-order valence-corrected chi connectivity index (χ0v) is 9.42. The fourth-order valence-corrected chi connectivity index (χ4v) is 1.19. The van der Waals surface area contributed by atoms with Crippen molar-refractivity contribution in [3.63, 3.8) is 0 Å². The molecule has 0 N–H and O–H groups in total. The lowest BCUT2D eigenvalue weighted by molar-refractivity contribution is 0.317. The van der Waals surface area contributed by atoms with Gasteiger partial charge in [0.1, 0.15) is 5.75 Å². The number of rotatable bonds is 4. The van der Waals surface area contributed by atoms with Crippen molar-refractivity contribution in [2.45, 2.75) is 13.3 Å². The van der Waals surface area contributed by atoms with E-state index >= 15 is 0 Å². The summed E-state index contributed by atoms with van der Waals surface area (Å²) in [5.74, 6) is 3.22. The third-order valence-corrected chi connectivity index (χ3v) is 2.00. The Kier molecular flexibility index (Phi) is 4.80. The zero-order valence-electron chi connectivity index (χ0n) is 8.66. The van der Waals surface area contributed by atoms with E-state index in [-0.39, 0.29) is 0 Å². The van der Waals surface area contributed by atoms with E-state index in [4.69, 9.17) is 22.8 Å². The Labute approximate surface area is 95.7 Å². The number of hydrogen-bond acceptors (Lipinski definition) is 1. The van der Waals surface area contributed by atoms with Crippen molar-refractivity contribution < 1.29 is 4.74 Å². The Balaban J connectivity index is 2.69. The van der Waals surface area contributed by atoms with Gasteiger partial charge in [-0.1, -0.05) is 36.6 Å². The van der Waals surface area contributed by atoms with Crippen molar-refractivity contribution in [3.8, 4) is 18.1 Å². The molecule has 1 aromatic rings. The zero-order chi connectivity index (χ0) is 11.1. The first-order chi connectivity index (χ1) is 7.26. The molecule has 0 aromatic heterocycles. The Morgan fingerprint density at radius 2 is 2.13 bits per heavy atom. The van der Waals surface area contributed by atoms with E-state index in [1.54, 1.807) is 6.08 Å². The highest BCUT2D eigenvalue weighted by molar-refractivity contribution is 6.34. The Morgan fingerprint density at radius 1 is 1.47 bits per heavy atom. The molecule has 0 spiro atoms. The minimum atomic E-state index is 0.400. The van der Waals surface area contributed by atoms with Gasteiger partial charge >= 0.3 is 0 Å². The smallest absolute Gasteiger partial charge is 0.119 e. The van der Waals surface area contributed by atoms with Gasteiger partial charge in [0, 0.05) is 0 Å². The first-order valence-electron chi connectivity index (χ1n) is 4.83. The Morgan fingerprint density at radius 3 is 2.67 bits per heavy atom. The first kappa shape index (κ1) is 11.7. The molecule has 1 nitrogen and oxygen atoms in total. The minimum absolute atomic E-state index is 0.400. The third kappa shape index (κ3) is 4.10. The standard InChI is InChI=1S/C13H13ClO/c1-3-9-15-13-7-5-11(6-8-13)10-12(14)4-2/h2,5-8,10H,3,9H2,1H3. The van der Waals surface area contributed by atoms with E-state index in [9.17, 15) is 0 Å². The van der Waals surface area contributed by atoms with Gasteiger partial charge in [-0.3, -0.25) is 0 Å². The van der Waals surface area contributed by atoms with Crippen molar-refractivity contribution in [2.24, 2.45) is 0 Å². The van der Waals surface area contributed by atoms with Crippen LogP contribution >= 0.6 is 11.6 Å². The summed E-state index contributed by atoms with van der Waals surface area (Å²) in [5.41, 5.74) is 0.974. The number of allylic oxidation sites excluding steroid dienone is 1. The first-order valence-corrected chi connectivity index (χ1v) is 5.20. The lowest BCUT2D eigenvalue weighted by Gasteiger charge is -2.03. The molecule has 0 saturated carbocycles. The van der Waals surface area contributed by atoms with Crippen molar-refractivity contribution in [3.05, 3.63) is 34.9 Å². The van der Waals surface area contributed by atoms with Gasteiger partial charge in [0.25, 0.3) is 0 Å². The average molecular weight is 221 g/mol. The van der Waals surface area contributed by atoms with Crippen molar-refractivity contribution in [1.82, 2.24) is 0 Å². The van der Waals surface area contributed by atoms with Crippen LogP contribution in [-0.4, -0.2) is 6.61 Å². The van der Waals surface area contributed by atoms with Gasteiger partial charge in [0.05, 0.1) is 11.6 Å². The molecule has 78 valence electrons. The molecule has 1 aromatic carbocycles. The van der Waals surface area contributed by atoms with Crippen LogP contribution < -0.4 is 4.74 Å². The van der Waals surface area contributed by atoms with E-state index in [1.165, 1.54) is 0 Å². The molecule has 0 saturated heterocycles. The molecule has 0 aliphatic heterocycles. The highest BCUT2D eigenvalue weighted by Crippen LogP contribution is 2.15. The minimum Gasteiger partial charge on any atom is -0.494 e. The van der Waals surface area contributed by atoms with Crippen molar-refractivity contribution >= 4 is 17.7 Å². The van der Waals surface area contributed by atoms with E-state index in [2.05, 4.69) is 12.8 Å². The summed E-state index contributed by atoms with van der Waals surface area (Å²) in [4.78, 5) is 0. The number of terminal acetylenes is 1. The third-order valence-electron chi connectivity index (χ3n) is 1.78.